The van der Waals surface area contributed by atoms with E-state index in [1.54, 1.807) is 0 Å². The van der Waals surface area contributed by atoms with Crippen LogP contribution in [0.5, 0.6) is 0 Å². The molecule has 0 atom stereocenters. The molecule has 2 heteroatoms. The zero-order valence-electron chi connectivity index (χ0n) is 6.77. The Kier molecular flexibility index (Phi) is 15.4. The van der Waals surface area contributed by atoms with Gasteiger partial charge < -0.3 is 17.5 Å². The van der Waals surface area contributed by atoms with Crippen LogP contribution in [0.25, 0.3) is 0 Å². The molecule has 64 valence electrons. The molecule has 0 aromatic heterocycles. The molecule has 0 aliphatic heterocycles. The summed E-state index contributed by atoms with van der Waals surface area (Å²) < 4.78 is 0. The van der Waals surface area contributed by atoms with Gasteiger partial charge in [-0.3, -0.25) is 0 Å². The van der Waals surface area contributed by atoms with Crippen molar-refractivity contribution in [3.63, 3.8) is 0 Å². The molecule has 1 N–H and O–H groups in total. The standard InChI is InChI=1S/C8H18O.ClH/c1-2-3-4-5-6-7-8-9;/h9H,2-8H2,1H3;1H/p-1. The van der Waals surface area contributed by atoms with Crippen molar-refractivity contribution in [1.29, 1.82) is 0 Å². The predicted molar refractivity (Wildman–Crippen MR) is 40.5 cm³/mol. The molecule has 1 nitrogen and oxygen atoms in total. The quantitative estimate of drug-likeness (QED) is 0.519. The molecule has 0 aromatic rings. The van der Waals surface area contributed by atoms with E-state index in [1.807, 2.05) is 0 Å². The summed E-state index contributed by atoms with van der Waals surface area (Å²) in [6, 6.07) is 0. The van der Waals surface area contributed by atoms with Gasteiger partial charge in [0, 0.05) is 6.61 Å². The molecule has 0 fully saturated rings. The minimum absolute atomic E-state index is 0. The van der Waals surface area contributed by atoms with Gasteiger partial charge in [0.15, 0.2) is 0 Å². The summed E-state index contributed by atoms with van der Waals surface area (Å²) in [7, 11) is 0. The first kappa shape index (κ1) is 12.9. The first-order valence-corrected chi connectivity index (χ1v) is 4.02. The van der Waals surface area contributed by atoms with E-state index in [1.165, 1.54) is 32.1 Å². The van der Waals surface area contributed by atoms with Crippen molar-refractivity contribution in [2.24, 2.45) is 0 Å². The Bertz CT molecular complexity index is 42.5. The lowest BCUT2D eigenvalue weighted by Gasteiger charge is -1.95. The van der Waals surface area contributed by atoms with Crippen LogP contribution < -0.4 is 12.4 Å². The van der Waals surface area contributed by atoms with Gasteiger partial charge in [-0.05, 0) is 6.42 Å². The number of aliphatic hydroxyl groups excluding tert-OH is 1. The second-order valence-corrected chi connectivity index (χ2v) is 2.49. The monoisotopic (exact) mass is 165 g/mol. The largest absolute Gasteiger partial charge is 1.00 e. The maximum atomic E-state index is 8.42. The predicted octanol–water partition coefficient (Wildman–Crippen LogP) is -0.657. The van der Waals surface area contributed by atoms with Crippen molar-refractivity contribution in [3.8, 4) is 0 Å². The second kappa shape index (κ2) is 12.0. The summed E-state index contributed by atoms with van der Waals surface area (Å²) in [6.07, 6.45) is 7.50. The number of unbranched alkanes of at least 4 members (excludes halogenated alkanes) is 5. The average molecular weight is 166 g/mol. The topological polar surface area (TPSA) is 20.2 Å². The van der Waals surface area contributed by atoms with Gasteiger partial charge in [0.2, 0.25) is 0 Å². The highest BCUT2D eigenvalue weighted by molar-refractivity contribution is 4.41. The summed E-state index contributed by atoms with van der Waals surface area (Å²) in [5.74, 6) is 0. The lowest BCUT2D eigenvalue weighted by atomic mass is 10.1. The first-order chi connectivity index (χ1) is 4.41. The molecule has 0 aliphatic carbocycles. The Balaban J connectivity index is 0. The van der Waals surface area contributed by atoms with Crippen molar-refractivity contribution in [3.05, 3.63) is 0 Å². The highest BCUT2D eigenvalue weighted by Crippen LogP contribution is 2.03. The van der Waals surface area contributed by atoms with E-state index in [9.17, 15) is 0 Å². The third-order valence-electron chi connectivity index (χ3n) is 1.51. The summed E-state index contributed by atoms with van der Waals surface area (Å²) in [5.41, 5.74) is 0. The summed E-state index contributed by atoms with van der Waals surface area (Å²) in [6.45, 7) is 2.58. The molecule has 0 aromatic carbocycles. The molecule has 0 rings (SSSR count). The van der Waals surface area contributed by atoms with E-state index < -0.39 is 0 Å². The van der Waals surface area contributed by atoms with Gasteiger partial charge >= 0.3 is 0 Å². The van der Waals surface area contributed by atoms with Crippen LogP contribution in [0.3, 0.4) is 0 Å². The van der Waals surface area contributed by atoms with Gasteiger partial charge in [0.05, 0.1) is 0 Å². The Morgan fingerprint density at radius 2 is 1.40 bits per heavy atom. The average Bonchev–Trinajstić information content (AvgIpc) is 1.89. The first-order valence-electron chi connectivity index (χ1n) is 4.02. The smallest absolute Gasteiger partial charge is 0.0431 e. The number of rotatable bonds is 6. The van der Waals surface area contributed by atoms with E-state index in [-0.39, 0.29) is 12.4 Å². The molecule has 10 heavy (non-hydrogen) atoms. The molecule has 0 amide bonds. The third-order valence-corrected chi connectivity index (χ3v) is 1.51. The molecule has 0 heterocycles. The minimum atomic E-state index is 0. The highest BCUT2D eigenvalue weighted by Gasteiger charge is 1.86. The normalized spacial score (nSPS) is 9.00. The lowest BCUT2D eigenvalue weighted by Crippen LogP contribution is -3.00. The fourth-order valence-corrected chi connectivity index (χ4v) is 0.892. The van der Waals surface area contributed by atoms with Crippen molar-refractivity contribution >= 4 is 0 Å². The number of aliphatic hydroxyl groups is 1. The van der Waals surface area contributed by atoms with E-state index >= 15 is 0 Å². The summed E-state index contributed by atoms with van der Waals surface area (Å²) >= 11 is 0. The van der Waals surface area contributed by atoms with Crippen LogP contribution in [0.4, 0.5) is 0 Å². The van der Waals surface area contributed by atoms with Gasteiger partial charge in [-0.15, -0.1) is 0 Å². The van der Waals surface area contributed by atoms with Gasteiger partial charge in [-0.1, -0.05) is 39.0 Å². The maximum absolute atomic E-state index is 8.42. The van der Waals surface area contributed by atoms with Crippen LogP contribution in [0, 0.1) is 0 Å². The molecular weight excluding hydrogens is 148 g/mol. The highest BCUT2D eigenvalue weighted by atomic mass is 35.5. The molecular formula is C8H18ClO-. The third kappa shape index (κ3) is 11.1. The van der Waals surface area contributed by atoms with Gasteiger partial charge in [0.1, 0.15) is 0 Å². The molecule has 0 spiro atoms. The van der Waals surface area contributed by atoms with E-state index in [0.29, 0.717) is 6.61 Å². The van der Waals surface area contributed by atoms with Gasteiger partial charge in [-0.25, -0.2) is 0 Å². The van der Waals surface area contributed by atoms with Crippen LogP contribution in [-0.2, 0) is 0 Å². The van der Waals surface area contributed by atoms with Crippen molar-refractivity contribution in [2.75, 3.05) is 6.61 Å². The van der Waals surface area contributed by atoms with Gasteiger partial charge in [0.25, 0.3) is 0 Å². The molecule has 0 saturated heterocycles. The number of halogens is 1. The lowest BCUT2D eigenvalue weighted by molar-refractivity contribution is -0.00000320. The van der Waals surface area contributed by atoms with Crippen molar-refractivity contribution < 1.29 is 17.5 Å². The van der Waals surface area contributed by atoms with Crippen LogP contribution in [-0.4, -0.2) is 11.7 Å². The zero-order chi connectivity index (χ0) is 6.95. The van der Waals surface area contributed by atoms with E-state index in [4.69, 9.17) is 5.11 Å². The fourth-order valence-electron chi connectivity index (χ4n) is 0.892. The number of hydrogen-bond donors (Lipinski definition) is 1. The van der Waals surface area contributed by atoms with Crippen LogP contribution >= 0.6 is 0 Å². The Morgan fingerprint density at radius 3 is 1.90 bits per heavy atom. The van der Waals surface area contributed by atoms with Gasteiger partial charge in [-0.2, -0.15) is 0 Å². The molecule has 0 saturated carbocycles. The molecule has 0 aliphatic rings. The SMILES string of the molecule is CCCCCCCCO.[Cl-]. The van der Waals surface area contributed by atoms with Crippen molar-refractivity contribution in [2.45, 2.75) is 45.4 Å². The van der Waals surface area contributed by atoms with E-state index in [2.05, 4.69) is 6.92 Å². The van der Waals surface area contributed by atoms with E-state index in [0.717, 1.165) is 6.42 Å². The summed E-state index contributed by atoms with van der Waals surface area (Å²) in [5, 5.41) is 8.42. The Hall–Kier alpha value is 0.250. The van der Waals surface area contributed by atoms with Crippen LogP contribution in [0.15, 0.2) is 0 Å². The zero-order valence-corrected chi connectivity index (χ0v) is 7.53. The van der Waals surface area contributed by atoms with Crippen molar-refractivity contribution in [1.82, 2.24) is 0 Å². The molecule has 0 unspecified atom stereocenters. The van der Waals surface area contributed by atoms with Crippen LogP contribution in [0.1, 0.15) is 45.4 Å². The fraction of sp³-hybridized carbons (Fsp3) is 1.00. The maximum Gasteiger partial charge on any atom is 0.0431 e. The minimum Gasteiger partial charge on any atom is -1.00 e. The Labute approximate surface area is 70.2 Å². The molecule has 0 radical (unpaired) electrons. The summed E-state index contributed by atoms with van der Waals surface area (Å²) in [4.78, 5) is 0. The molecule has 0 bridgehead atoms. The second-order valence-electron chi connectivity index (χ2n) is 2.49. The Morgan fingerprint density at radius 1 is 0.900 bits per heavy atom. The number of hydrogen-bond acceptors (Lipinski definition) is 1. The van der Waals surface area contributed by atoms with Crippen LogP contribution in [0.2, 0.25) is 0 Å².